The van der Waals surface area contributed by atoms with Crippen LogP contribution in [0.15, 0.2) is 0 Å². The van der Waals surface area contributed by atoms with E-state index >= 15 is 0 Å². The van der Waals surface area contributed by atoms with Crippen LogP contribution in [0.4, 0.5) is 28.8 Å². The van der Waals surface area contributed by atoms with E-state index in [9.17, 15) is 38.4 Å². The molecule has 0 atom stereocenters. The van der Waals surface area contributed by atoms with Crippen LogP contribution in [-0.2, 0) is 71.2 Å². The summed E-state index contributed by atoms with van der Waals surface area (Å²) in [6.07, 6.45) is -3.09. The van der Waals surface area contributed by atoms with Crippen molar-refractivity contribution in [2.24, 2.45) is 10.8 Å². The van der Waals surface area contributed by atoms with Crippen LogP contribution in [0.25, 0.3) is 0 Å². The molecule has 6 amide bonds. The van der Waals surface area contributed by atoms with Gasteiger partial charge in [-0.25, -0.2) is 28.8 Å². The Labute approximate surface area is 428 Å². The van der Waals surface area contributed by atoms with E-state index in [4.69, 9.17) is 61.6 Å². The van der Waals surface area contributed by atoms with Gasteiger partial charge in [0.15, 0.2) is 0 Å². The fraction of sp³-hybridized carbons (Fsp3) is 0.826. The molecule has 0 bridgehead atoms. The van der Waals surface area contributed by atoms with Crippen molar-refractivity contribution < 1.29 is 99.9 Å². The molecule has 0 aromatic carbocycles. The van der Waals surface area contributed by atoms with Crippen molar-refractivity contribution in [3.05, 3.63) is 0 Å². The lowest BCUT2D eigenvalue weighted by Crippen LogP contribution is -2.43. The maximum atomic E-state index is 13.4. The molecule has 0 aromatic rings. The molecule has 73 heavy (non-hydrogen) atoms. The lowest BCUT2D eigenvalue weighted by molar-refractivity contribution is -0.163. The molecule has 6 N–H and O–H groups in total. The molecule has 424 valence electrons. The van der Waals surface area contributed by atoms with Gasteiger partial charge >= 0.3 is 48.5 Å². The van der Waals surface area contributed by atoms with E-state index in [0.29, 0.717) is 13.2 Å². The van der Waals surface area contributed by atoms with E-state index in [1.807, 2.05) is 13.8 Å². The molecule has 0 aliphatic carbocycles. The summed E-state index contributed by atoms with van der Waals surface area (Å²) in [5.74, 6) is -1.79. The molecule has 0 radical (unpaired) electrons. The molecule has 0 fully saturated rings. The number of amides is 6. The largest absolute Gasteiger partial charge is 0.463 e. The number of hydrogen-bond donors (Lipinski definition) is 6. The van der Waals surface area contributed by atoms with Gasteiger partial charge in [0.2, 0.25) is 0 Å². The lowest BCUT2D eigenvalue weighted by atomic mass is 9.93. The molecule has 0 unspecified atom stereocenters. The first-order valence-corrected chi connectivity index (χ1v) is 24.2. The van der Waals surface area contributed by atoms with Gasteiger partial charge < -0.3 is 93.5 Å². The van der Waals surface area contributed by atoms with Crippen LogP contribution < -0.4 is 31.9 Å². The van der Waals surface area contributed by atoms with Gasteiger partial charge in [-0.05, 0) is 68.2 Å². The standard InChI is InChI=1S/C46H84N6O21/c1-11-19-61-21-13-47-37(55)68-31-45(9,32-69-38(56)48-14-22-62-20-12-2)35(53)66-29-27-65-28-30-67-36(54)46(10,33-70-39(57)49-15-23-63-25-17-51-41(59)72-43(3,4)5)34-71-40(58)50-16-24-64-26-18-52-42(60)73-44(6,7)8/h11-34H2,1-10H3,(H,47,55)(H,48,56)(H,49,57)(H,50,58)(H,51,59)(H,52,60). The van der Waals surface area contributed by atoms with Gasteiger partial charge in [-0.3, -0.25) is 9.59 Å². The quantitative estimate of drug-likeness (QED) is 0.0294. The van der Waals surface area contributed by atoms with Crippen molar-refractivity contribution in [1.82, 2.24) is 31.9 Å². The molecule has 0 aliphatic heterocycles. The highest BCUT2D eigenvalue weighted by molar-refractivity contribution is 5.79. The molecule has 0 heterocycles. The molecule has 0 rings (SSSR count). The Balaban J connectivity index is 5.26. The Bertz CT molecular complexity index is 1520. The van der Waals surface area contributed by atoms with Crippen molar-refractivity contribution in [2.75, 3.05) is 145 Å². The van der Waals surface area contributed by atoms with Gasteiger partial charge in [-0.15, -0.1) is 0 Å². The zero-order chi connectivity index (χ0) is 55.0. The molecule has 27 nitrogen and oxygen atoms in total. The first-order valence-electron chi connectivity index (χ1n) is 24.2. The molecule has 0 saturated heterocycles. The molecular weight excluding hydrogens is 973 g/mol. The van der Waals surface area contributed by atoms with Crippen LogP contribution in [0.2, 0.25) is 0 Å². The van der Waals surface area contributed by atoms with Gasteiger partial charge in [0.1, 0.15) is 61.7 Å². The summed E-state index contributed by atoms with van der Waals surface area (Å²) in [4.78, 5) is 99.9. The van der Waals surface area contributed by atoms with Crippen LogP contribution in [0.1, 0.15) is 82.1 Å². The number of esters is 2. The number of carbonyl (C=O) groups excluding carboxylic acids is 8. The minimum atomic E-state index is -1.72. The van der Waals surface area contributed by atoms with E-state index in [0.717, 1.165) is 12.8 Å². The SMILES string of the molecule is CCCOCCNC(=O)OCC(C)(COC(=O)NCCOCCC)C(=O)OCCOCCOC(=O)C(C)(COC(=O)NCCOCCNC(=O)OC(C)(C)C)COC(=O)NCCOCCNC(=O)OC(C)(C)C. The van der Waals surface area contributed by atoms with Gasteiger partial charge in [-0.2, -0.15) is 0 Å². The van der Waals surface area contributed by atoms with Crippen molar-refractivity contribution in [2.45, 2.75) is 93.3 Å². The van der Waals surface area contributed by atoms with Crippen LogP contribution in [0.5, 0.6) is 0 Å². The Hall–Kier alpha value is -5.64. The smallest absolute Gasteiger partial charge is 0.407 e. The monoisotopic (exact) mass is 1060 g/mol. The maximum Gasteiger partial charge on any atom is 0.407 e. The van der Waals surface area contributed by atoms with Crippen LogP contribution in [-0.4, -0.2) is 205 Å². The van der Waals surface area contributed by atoms with Crippen molar-refractivity contribution in [3.8, 4) is 0 Å². The highest BCUT2D eigenvalue weighted by Crippen LogP contribution is 2.22. The number of nitrogens with one attached hydrogen (secondary N) is 6. The Morgan fingerprint density at radius 2 is 0.534 bits per heavy atom. The van der Waals surface area contributed by atoms with Crippen molar-refractivity contribution >= 4 is 48.5 Å². The molecule has 0 spiro atoms. The van der Waals surface area contributed by atoms with Gasteiger partial charge in [-0.1, -0.05) is 13.8 Å². The predicted octanol–water partition coefficient (Wildman–Crippen LogP) is 2.94. The summed E-state index contributed by atoms with van der Waals surface area (Å²) in [6, 6.07) is 0. The molecule has 0 aromatic heterocycles. The second kappa shape index (κ2) is 38.9. The predicted molar refractivity (Wildman–Crippen MR) is 259 cm³/mol. The number of rotatable bonds is 38. The average Bonchev–Trinajstić information content (AvgIpc) is 3.31. The van der Waals surface area contributed by atoms with E-state index in [-0.39, 0.29) is 105 Å². The van der Waals surface area contributed by atoms with Crippen LogP contribution >= 0.6 is 0 Å². The van der Waals surface area contributed by atoms with Crippen molar-refractivity contribution in [3.63, 3.8) is 0 Å². The number of alkyl carbamates (subject to hydrolysis) is 6. The fourth-order valence-corrected chi connectivity index (χ4v) is 4.94. The summed E-state index contributed by atoms with van der Waals surface area (Å²) in [5, 5.41) is 15.0. The molecule has 27 heteroatoms. The first-order chi connectivity index (χ1) is 34.4. The van der Waals surface area contributed by atoms with Crippen molar-refractivity contribution in [1.29, 1.82) is 0 Å². The summed E-state index contributed by atoms with van der Waals surface area (Å²) in [5.41, 5.74) is -4.66. The topological polar surface area (TPSA) is 329 Å². The Kier molecular flexibility index (Phi) is 35.9. The van der Waals surface area contributed by atoms with Gasteiger partial charge in [0, 0.05) is 52.5 Å². The minimum Gasteiger partial charge on any atom is -0.463 e. The third-order valence-corrected chi connectivity index (χ3v) is 8.58. The summed E-state index contributed by atoms with van der Waals surface area (Å²) >= 11 is 0. The normalized spacial score (nSPS) is 11.5. The minimum absolute atomic E-state index is 0.0110. The van der Waals surface area contributed by atoms with Gasteiger partial charge in [0.25, 0.3) is 0 Å². The molecule has 0 aliphatic rings. The lowest BCUT2D eigenvalue weighted by Gasteiger charge is -2.27. The third-order valence-electron chi connectivity index (χ3n) is 8.58. The van der Waals surface area contributed by atoms with E-state index in [1.54, 1.807) is 41.5 Å². The number of hydrogen-bond acceptors (Lipinski definition) is 21. The average molecular weight is 1060 g/mol. The number of ether oxygens (including phenoxy) is 13. The summed E-state index contributed by atoms with van der Waals surface area (Å²) in [6.45, 7) is 16.4. The zero-order valence-corrected chi connectivity index (χ0v) is 44.5. The van der Waals surface area contributed by atoms with Crippen LogP contribution in [0.3, 0.4) is 0 Å². The second-order valence-corrected chi connectivity index (χ2v) is 18.3. The zero-order valence-electron chi connectivity index (χ0n) is 44.5. The summed E-state index contributed by atoms with van der Waals surface area (Å²) in [7, 11) is 0. The van der Waals surface area contributed by atoms with E-state index in [1.165, 1.54) is 13.8 Å². The van der Waals surface area contributed by atoms with Gasteiger partial charge in [0.05, 0.1) is 52.9 Å². The highest BCUT2D eigenvalue weighted by atomic mass is 16.6. The fourth-order valence-electron chi connectivity index (χ4n) is 4.94. The maximum absolute atomic E-state index is 13.4. The molecular formula is C46H84N6O21. The molecule has 0 saturated carbocycles. The summed E-state index contributed by atoms with van der Waals surface area (Å²) < 4.78 is 69.0. The second-order valence-electron chi connectivity index (χ2n) is 18.3. The number of carbonyl (C=O) groups is 8. The van der Waals surface area contributed by atoms with Crippen LogP contribution in [0, 0.1) is 10.8 Å². The Morgan fingerprint density at radius 3 is 0.781 bits per heavy atom. The Morgan fingerprint density at radius 1 is 0.301 bits per heavy atom. The van der Waals surface area contributed by atoms with E-state index < -0.39 is 97.0 Å². The van der Waals surface area contributed by atoms with E-state index in [2.05, 4.69) is 31.9 Å². The first kappa shape index (κ1) is 67.4. The highest BCUT2D eigenvalue weighted by Gasteiger charge is 2.40. The third kappa shape index (κ3) is 38.6.